The SMILES string of the molecule is CCNC(=O)/C(Cl)=C(/C)N=Nc1ccccc1. The summed E-state index contributed by atoms with van der Waals surface area (Å²) < 4.78 is 0. The van der Waals surface area contributed by atoms with Gasteiger partial charge in [0.05, 0.1) is 11.4 Å². The first kappa shape index (κ1) is 13.4. The van der Waals surface area contributed by atoms with Gasteiger partial charge in [0.2, 0.25) is 0 Å². The Kier molecular flexibility index (Phi) is 5.36. The van der Waals surface area contributed by atoms with E-state index in [1.165, 1.54) is 0 Å². The molecule has 0 bridgehead atoms. The quantitative estimate of drug-likeness (QED) is 0.647. The maximum absolute atomic E-state index is 11.4. The van der Waals surface area contributed by atoms with Gasteiger partial charge in [0.15, 0.2) is 0 Å². The predicted molar refractivity (Wildman–Crippen MR) is 68.2 cm³/mol. The summed E-state index contributed by atoms with van der Waals surface area (Å²) in [5.41, 5.74) is 1.11. The molecule has 17 heavy (non-hydrogen) atoms. The molecule has 0 unspecified atom stereocenters. The number of carbonyl (C=O) groups is 1. The second kappa shape index (κ2) is 6.81. The Bertz CT molecular complexity index is 440. The number of nitrogens with zero attached hydrogens (tertiary/aromatic N) is 2. The van der Waals surface area contributed by atoms with Crippen molar-refractivity contribution in [1.29, 1.82) is 0 Å². The number of likely N-dealkylation sites (N-methyl/N-ethyl adjacent to an activating group) is 1. The van der Waals surface area contributed by atoms with Crippen LogP contribution in [0.5, 0.6) is 0 Å². The van der Waals surface area contributed by atoms with Crippen LogP contribution >= 0.6 is 11.6 Å². The predicted octanol–water partition coefficient (Wildman–Crippen LogP) is 3.38. The molecule has 0 aliphatic carbocycles. The van der Waals surface area contributed by atoms with Crippen molar-refractivity contribution in [3.8, 4) is 0 Å². The van der Waals surface area contributed by atoms with Crippen LogP contribution in [0.4, 0.5) is 5.69 Å². The van der Waals surface area contributed by atoms with Gasteiger partial charge in [-0.25, -0.2) is 0 Å². The van der Waals surface area contributed by atoms with Crippen molar-refractivity contribution in [3.63, 3.8) is 0 Å². The molecule has 0 saturated carbocycles. The van der Waals surface area contributed by atoms with E-state index >= 15 is 0 Å². The summed E-state index contributed by atoms with van der Waals surface area (Å²) in [6.07, 6.45) is 0. The van der Waals surface area contributed by atoms with E-state index in [1.54, 1.807) is 6.92 Å². The van der Waals surface area contributed by atoms with Crippen molar-refractivity contribution in [2.75, 3.05) is 6.54 Å². The third-order valence-electron chi connectivity index (χ3n) is 1.93. The molecule has 0 spiro atoms. The lowest BCUT2D eigenvalue weighted by molar-refractivity contribution is -0.116. The summed E-state index contributed by atoms with van der Waals surface area (Å²) >= 11 is 5.84. The van der Waals surface area contributed by atoms with Crippen molar-refractivity contribution < 1.29 is 4.79 Å². The van der Waals surface area contributed by atoms with Crippen molar-refractivity contribution in [2.24, 2.45) is 10.2 Å². The van der Waals surface area contributed by atoms with Gasteiger partial charge in [-0.3, -0.25) is 4.79 Å². The van der Waals surface area contributed by atoms with E-state index < -0.39 is 0 Å². The van der Waals surface area contributed by atoms with E-state index in [-0.39, 0.29) is 10.9 Å². The number of hydrogen-bond acceptors (Lipinski definition) is 3. The minimum atomic E-state index is -0.335. The summed E-state index contributed by atoms with van der Waals surface area (Å²) in [5, 5.41) is 10.5. The van der Waals surface area contributed by atoms with Crippen LogP contribution in [0.25, 0.3) is 0 Å². The van der Waals surface area contributed by atoms with Crippen molar-refractivity contribution in [3.05, 3.63) is 41.1 Å². The van der Waals surface area contributed by atoms with Crippen LogP contribution in [0.3, 0.4) is 0 Å². The molecule has 1 N–H and O–H groups in total. The monoisotopic (exact) mass is 251 g/mol. The molecule has 0 heterocycles. The molecule has 1 amide bonds. The average molecular weight is 252 g/mol. The summed E-state index contributed by atoms with van der Waals surface area (Å²) in [6, 6.07) is 9.24. The highest BCUT2D eigenvalue weighted by Crippen LogP contribution is 2.15. The van der Waals surface area contributed by atoms with Crippen molar-refractivity contribution >= 4 is 23.2 Å². The van der Waals surface area contributed by atoms with Crippen LogP contribution in [0.15, 0.2) is 51.3 Å². The summed E-state index contributed by atoms with van der Waals surface area (Å²) in [5.74, 6) is -0.335. The fourth-order valence-electron chi connectivity index (χ4n) is 1.07. The summed E-state index contributed by atoms with van der Waals surface area (Å²) in [4.78, 5) is 11.4. The third kappa shape index (κ3) is 4.36. The van der Waals surface area contributed by atoms with Crippen LogP contribution in [-0.2, 0) is 4.79 Å². The molecule has 90 valence electrons. The van der Waals surface area contributed by atoms with Gasteiger partial charge in [-0.05, 0) is 26.0 Å². The number of rotatable bonds is 4. The van der Waals surface area contributed by atoms with Gasteiger partial charge in [0, 0.05) is 6.54 Å². The fourth-order valence-corrected chi connectivity index (χ4v) is 1.18. The summed E-state index contributed by atoms with van der Waals surface area (Å²) in [6.45, 7) is 3.99. The molecule has 1 rings (SSSR count). The second-order valence-corrected chi connectivity index (χ2v) is 3.67. The first-order valence-electron chi connectivity index (χ1n) is 5.26. The van der Waals surface area contributed by atoms with Gasteiger partial charge in [0.1, 0.15) is 5.03 Å². The molecule has 1 aromatic carbocycles. The maximum atomic E-state index is 11.4. The zero-order valence-corrected chi connectivity index (χ0v) is 10.5. The van der Waals surface area contributed by atoms with E-state index in [4.69, 9.17) is 11.6 Å². The van der Waals surface area contributed by atoms with Gasteiger partial charge in [-0.15, -0.1) is 0 Å². The Balaban J connectivity index is 2.77. The molecule has 0 fully saturated rings. The topological polar surface area (TPSA) is 53.8 Å². The van der Waals surface area contributed by atoms with Crippen LogP contribution in [-0.4, -0.2) is 12.5 Å². The average Bonchev–Trinajstić information content (AvgIpc) is 2.36. The lowest BCUT2D eigenvalue weighted by atomic mass is 10.3. The first-order chi connectivity index (χ1) is 8.15. The highest BCUT2D eigenvalue weighted by Gasteiger charge is 2.08. The van der Waals surface area contributed by atoms with Crippen LogP contribution in [0.2, 0.25) is 0 Å². The van der Waals surface area contributed by atoms with Gasteiger partial charge in [-0.2, -0.15) is 10.2 Å². The molecule has 1 aromatic rings. The van der Waals surface area contributed by atoms with E-state index in [2.05, 4.69) is 15.5 Å². The largest absolute Gasteiger partial charge is 0.351 e. The number of amides is 1. The molecular formula is C12H14ClN3O. The standard InChI is InChI=1S/C12H14ClN3O/c1-3-14-12(17)11(13)9(2)15-16-10-7-5-4-6-8-10/h4-8H,3H2,1-2H3,(H,14,17)/b11-9+,16-15?. The number of allylic oxidation sites excluding steroid dienone is 1. The Morgan fingerprint density at radius 2 is 2.00 bits per heavy atom. The highest BCUT2D eigenvalue weighted by molar-refractivity contribution is 6.42. The smallest absolute Gasteiger partial charge is 0.264 e. The first-order valence-corrected chi connectivity index (χ1v) is 5.64. The molecule has 0 aliphatic rings. The van der Waals surface area contributed by atoms with Crippen LogP contribution in [0.1, 0.15) is 13.8 Å². The van der Waals surface area contributed by atoms with Crippen molar-refractivity contribution in [2.45, 2.75) is 13.8 Å². The normalized spacial score (nSPS) is 12.4. The van der Waals surface area contributed by atoms with Gasteiger partial charge in [0.25, 0.3) is 5.91 Å². The second-order valence-electron chi connectivity index (χ2n) is 3.29. The van der Waals surface area contributed by atoms with Crippen LogP contribution < -0.4 is 5.32 Å². The number of nitrogens with one attached hydrogen (secondary N) is 1. The van der Waals surface area contributed by atoms with E-state index in [0.29, 0.717) is 17.9 Å². The lowest BCUT2D eigenvalue weighted by Gasteiger charge is -2.00. The minimum absolute atomic E-state index is 0.0616. The number of carbonyl (C=O) groups excluding carboxylic acids is 1. The number of halogens is 1. The fraction of sp³-hybridized carbons (Fsp3) is 0.250. The molecule has 4 nitrogen and oxygen atoms in total. The molecule has 0 aliphatic heterocycles. The molecule has 0 aromatic heterocycles. The van der Waals surface area contributed by atoms with Crippen LogP contribution in [0, 0.1) is 0 Å². The molecule has 5 heteroatoms. The Morgan fingerprint density at radius 1 is 1.35 bits per heavy atom. The molecule has 0 saturated heterocycles. The highest BCUT2D eigenvalue weighted by atomic mass is 35.5. The Morgan fingerprint density at radius 3 is 2.59 bits per heavy atom. The molecular weight excluding hydrogens is 238 g/mol. The van der Waals surface area contributed by atoms with E-state index in [0.717, 1.165) is 0 Å². The number of azo groups is 1. The number of benzene rings is 1. The third-order valence-corrected chi connectivity index (χ3v) is 2.37. The van der Waals surface area contributed by atoms with Gasteiger partial charge in [-0.1, -0.05) is 29.8 Å². The van der Waals surface area contributed by atoms with Crippen molar-refractivity contribution in [1.82, 2.24) is 5.32 Å². The molecule has 0 atom stereocenters. The zero-order chi connectivity index (χ0) is 12.7. The molecule has 0 radical (unpaired) electrons. The zero-order valence-electron chi connectivity index (χ0n) is 9.77. The van der Waals surface area contributed by atoms with Gasteiger partial charge >= 0.3 is 0 Å². The minimum Gasteiger partial charge on any atom is -0.351 e. The van der Waals surface area contributed by atoms with E-state index in [9.17, 15) is 4.79 Å². The Labute approximate surface area is 105 Å². The summed E-state index contributed by atoms with van der Waals surface area (Å²) in [7, 11) is 0. The maximum Gasteiger partial charge on any atom is 0.264 e. The Hall–Kier alpha value is -1.68. The van der Waals surface area contributed by atoms with E-state index in [1.807, 2.05) is 37.3 Å². The van der Waals surface area contributed by atoms with Gasteiger partial charge < -0.3 is 5.32 Å². The number of hydrogen-bond donors (Lipinski definition) is 1. The lowest BCUT2D eigenvalue weighted by Crippen LogP contribution is -2.23.